The summed E-state index contributed by atoms with van der Waals surface area (Å²) in [7, 11) is 3.07. The molecule has 0 saturated heterocycles. The molecule has 0 saturated carbocycles. The molecule has 0 bridgehead atoms. The van der Waals surface area contributed by atoms with E-state index in [2.05, 4.69) is 15.9 Å². The maximum Gasteiger partial charge on any atom is 0.259 e. The van der Waals surface area contributed by atoms with Crippen molar-refractivity contribution in [1.29, 1.82) is 0 Å². The number of halogens is 3. The number of hydrogen-bond acceptors (Lipinski definition) is 2. The van der Waals surface area contributed by atoms with Crippen molar-refractivity contribution in [2.24, 2.45) is 5.92 Å². The van der Waals surface area contributed by atoms with E-state index < -0.39 is 23.1 Å². The third-order valence-electron chi connectivity index (χ3n) is 2.60. The minimum Gasteiger partial charge on any atom is -0.384 e. The maximum atomic E-state index is 13.7. The van der Waals surface area contributed by atoms with Crippen LogP contribution in [-0.4, -0.2) is 38.1 Å². The lowest BCUT2D eigenvalue weighted by Gasteiger charge is -2.21. The highest BCUT2D eigenvalue weighted by molar-refractivity contribution is 9.10. The summed E-state index contributed by atoms with van der Waals surface area (Å²) in [4.78, 5) is 13.3. The number of carbonyl (C=O) groups excluding carboxylic acids is 1. The van der Waals surface area contributed by atoms with Gasteiger partial charge in [-0.1, -0.05) is 22.9 Å². The predicted octanol–water partition coefficient (Wildman–Crippen LogP) is 3.08. The lowest BCUT2D eigenvalue weighted by molar-refractivity contribution is 0.0727. The van der Waals surface area contributed by atoms with Crippen LogP contribution in [-0.2, 0) is 4.74 Å². The average molecular weight is 336 g/mol. The van der Waals surface area contributed by atoms with Crippen LogP contribution in [0.2, 0.25) is 0 Å². The molecule has 0 aliphatic carbocycles. The molecule has 6 heteroatoms. The molecule has 0 spiro atoms. The molecule has 1 aromatic carbocycles. The van der Waals surface area contributed by atoms with Gasteiger partial charge in [0.25, 0.3) is 5.91 Å². The maximum absolute atomic E-state index is 13.7. The lowest BCUT2D eigenvalue weighted by atomic mass is 10.1. The van der Waals surface area contributed by atoms with Crippen molar-refractivity contribution >= 4 is 21.8 Å². The van der Waals surface area contributed by atoms with Gasteiger partial charge in [-0.25, -0.2) is 8.78 Å². The van der Waals surface area contributed by atoms with Crippen LogP contribution >= 0.6 is 15.9 Å². The van der Waals surface area contributed by atoms with Crippen LogP contribution in [0.4, 0.5) is 8.78 Å². The quantitative estimate of drug-likeness (QED) is 0.827. The van der Waals surface area contributed by atoms with Crippen molar-refractivity contribution in [1.82, 2.24) is 4.90 Å². The fourth-order valence-electron chi connectivity index (χ4n) is 1.83. The molecular weight excluding hydrogens is 320 g/mol. The van der Waals surface area contributed by atoms with E-state index in [0.717, 1.165) is 12.1 Å². The number of methoxy groups -OCH3 is 1. The predicted molar refractivity (Wildman–Crippen MR) is 72.1 cm³/mol. The van der Waals surface area contributed by atoms with E-state index >= 15 is 0 Å². The fraction of sp³-hybridized carbons (Fsp3) is 0.462. The van der Waals surface area contributed by atoms with Crippen molar-refractivity contribution in [2.75, 3.05) is 27.3 Å². The highest BCUT2D eigenvalue weighted by Gasteiger charge is 2.22. The zero-order valence-electron chi connectivity index (χ0n) is 11.0. The second-order valence-corrected chi connectivity index (χ2v) is 5.41. The average Bonchev–Trinajstić information content (AvgIpc) is 2.27. The first kappa shape index (κ1) is 16.0. The van der Waals surface area contributed by atoms with Crippen LogP contribution in [0.15, 0.2) is 16.6 Å². The molecule has 0 aliphatic rings. The fourth-order valence-corrected chi connectivity index (χ4v) is 2.23. The SMILES string of the molecule is COCC(C)CN(C)C(=O)c1c(F)cc(Br)cc1F. The second kappa shape index (κ2) is 6.96. The monoisotopic (exact) mass is 335 g/mol. The van der Waals surface area contributed by atoms with Crippen molar-refractivity contribution in [3.8, 4) is 0 Å². The summed E-state index contributed by atoms with van der Waals surface area (Å²) in [6.07, 6.45) is 0. The summed E-state index contributed by atoms with van der Waals surface area (Å²) in [6.45, 7) is 2.73. The van der Waals surface area contributed by atoms with Gasteiger partial charge in [-0.3, -0.25) is 4.79 Å². The Bertz CT molecular complexity index is 445. The molecule has 1 rings (SSSR count). The van der Waals surface area contributed by atoms with E-state index in [1.165, 1.54) is 11.9 Å². The van der Waals surface area contributed by atoms with E-state index in [9.17, 15) is 13.6 Å². The Kier molecular flexibility index (Phi) is 5.87. The topological polar surface area (TPSA) is 29.5 Å². The van der Waals surface area contributed by atoms with Crippen LogP contribution in [0.5, 0.6) is 0 Å². The summed E-state index contributed by atoms with van der Waals surface area (Å²) < 4.78 is 32.6. The minimum absolute atomic E-state index is 0.0838. The summed E-state index contributed by atoms with van der Waals surface area (Å²) >= 11 is 2.97. The van der Waals surface area contributed by atoms with E-state index in [-0.39, 0.29) is 10.4 Å². The van der Waals surface area contributed by atoms with E-state index in [4.69, 9.17) is 4.74 Å². The third kappa shape index (κ3) is 4.24. The largest absolute Gasteiger partial charge is 0.384 e. The highest BCUT2D eigenvalue weighted by atomic mass is 79.9. The van der Waals surface area contributed by atoms with Gasteiger partial charge in [0, 0.05) is 25.2 Å². The molecule has 0 N–H and O–H groups in total. The van der Waals surface area contributed by atoms with Crippen molar-refractivity contribution in [3.63, 3.8) is 0 Å². The first-order valence-corrected chi connectivity index (χ1v) is 6.55. The van der Waals surface area contributed by atoms with Crippen LogP contribution in [0, 0.1) is 17.6 Å². The minimum atomic E-state index is -0.872. The Hall–Kier alpha value is -1.01. The highest BCUT2D eigenvalue weighted by Crippen LogP contribution is 2.20. The Labute approximate surface area is 119 Å². The van der Waals surface area contributed by atoms with Gasteiger partial charge in [0.1, 0.15) is 17.2 Å². The summed E-state index contributed by atoms with van der Waals surface area (Å²) in [5.74, 6) is -2.34. The molecule has 0 radical (unpaired) electrons. The van der Waals surface area contributed by atoms with Crippen LogP contribution < -0.4 is 0 Å². The first-order valence-electron chi connectivity index (χ1n) is 5.75. The molecule has 1 atom stereocenters. The molecular formula is C13H16BrF2NO2. The number of nitrogens with zero attached hydrogens (tertiary/aromatic N) is 1. The number of benzene rings is 1. The molecule has 0 heterocycles. The standard InChI is InChI=1S/C13H16BrF2NO2/c1-8(7-19-3)6-17(2)13(18)12-10(15)4-9(14)5-11(12)16/h4-5,8H,6-7H2,1-3H3. The van der Waals surface area contributed by atoms with Crippen LogP contribution in [0.3, 0.4) is 0 Å². The second-order valence-electron chi connectivity index (χ2n) is 4.49. The van der Waals surface area contributed by atoms with Crippen LogP contribution in [0.1, 0.15) is 17.3 Å². The van der Waals surface area contributed by atoms with E-state index in [1.807, 2.05) is 6.92 Å². The number of amides is 1. The van der Waals surface area contributed by atoms with Gasteiger partial charge in [-0.15, -0.1) is 0 Å². The zero-order valence-corrected chi connectivity index (χ0v) is 12.6. The molecule has 0 aliphatic heterocycles. The third-order valence-corrected chi connectivity index (χ3v) is 3.06. The van der Waals surface area contributed by atoms with Gasteiger partial charge in [0.2, 0.25) is 0 Å². The first-order chi connectivity index (χ1) is 8.86. The number of carbonyl (C=O) groups is 1. The van der Waals surface area contributed by atoms with Crippen molar-refractivity contribution in [3.05, 3.63) is 33.8 Å². The summed E-state index contributed by atoms with van der Waals surface area (Å²) in [6, 6.07) is 2.14. The van der Waals surface area contributed by atoms with Crippen molar-refractivity contribution in [2.45, 2.75) is 6.92 Å². The molecule has 1 unspecified atom stereocenters. The number of hydrogen-bond donors (Lipinski definition) is 0. The Morgan fingerprint density at radius 1 is 1.42 bits per heavy atom. The Morgan fingerprint density at radius 3 is 2.42 bits per heavy atom. The Balaban J connectivity index is 2.88. The molecule has 1 amide bonds. The zero-order chi connectivity index (χ0) is 14.6. The molecule has 0 aromatic heterocycles. The van der Waals surface area contributed by atoms with E-state index in [0.29, 0.717) is 13.2 Å². The van der Waals surface area contributed by atoms with Crippen molar-refractivity contribution < 1.29 is 18.3 Å². The number of rotatable bonds is 5. The summed E-state index contributed by atoms with van der Waals surface area (Å²) in [5.41, 5.74) is -0.532. The van der Waals surface area contributed by atoms with Gasteiger partial charge in [-0.05, 0) is 18.1 Å². The molecule has 106 valence electrons. The normalized spacial score (nSPS) is 12.3. The van der Waals surface area contributed by atoms with Gasteiger partial charge in [0.15, 0.2) is 0 Å². The molecule has 3 nitrogen and oxygen atoms in total. The summed E-state index contributed by atoms with van der Waals surface area (Å²) in [5, 5.41) is 0. The molecule has 0 fully saturated rings. The van der Waals surface area contributed by atoms with Gasteiger partial charge in [0.05, 0.1) is 6.61 Å². The lowest BCUT2D eigenvalue weighted by Crippen LogP contribution is -2.33. The van der Waals surface area contributed by atoms with Gasteiger partial charge in [-0.2, -0.15) is 0 Å². The smallest absolute Gasteiger partial charge is 0.259 e. The molecule has 1 aromatic rings. The van der Waals surface area contributed by atoms with Crippen LogP contribution in [0.25, 0.3) is 0 Å². The van der Waals surface area contributed by atoms with Gasteiger partial charge >= 0.3 is 0 Å². The Morgan fingerprint density at radius 2 is 1.95 bits per heavy atom. The number of ether oxygens (including phenoxy) is 1. The van der Waals surface area contributed by atoms with Gasteiger partial charge < -0.3 is 9.64 Å². The van der Waals surface area contributed by atoms with E-state index in [1.54, 1.807) is 7.11 Å². The molecule has 19 heavy (non-hydrogen) atoms.